The summed E-state index contributed by atoms with van der Waals surface area (Å²) in [7, 11) is -2.38. The number of aromatic carboxylic acids is 1. The number of carboxylic acid groups (broad SMARTS) is 1. The van der Waals surface area contributed by atoms with E-state index in [4.69, 9.17) is 0 Å². The van der Waals surface area contributed by atoms with Gasteiger partial charge in [0.05, 0.1) is 35.9 Å². The SMILES string of the molecule is COC(=O)N[C@H](C(=O)N1C[C@@H](S(C)(=O)=O)C[C@H]1c1ncc(-c2ccc(-c3ccc(C(=O)O)cc3OC(F)(F)F)cc2)[nH]1)C(C)C. The monoisotopic (exact) mass is 652 g/mol. The van der Waals surface area contributed by atoms with E-state index in [0.29, 0.717) is 22.6 Å². The number of aromatic amines is 1. The van der Waals surface area contributed by atoms with Gasteiger partial charge in [-0.1, -0.05) is 38.1 Å². The zero-order valence-corrected chi connectivity index (χ0v) is 25.4. The van der Waals surface area contributed by atoms with Crippen molar-refractivity contribution in [2.75, 3.05) is 19.9 Å². The summed E-state index contributed by atoms with van der Waals surface area (Å²) in [5.41, 5.74) is 1.00. The van der Waals surface area contributed by atoms with Crippen LogP contribution in [0.25, 0.3) is 22.4 Å². The Bertz CT molecular complexity index is 1690. The summed E-state index contributed by atoms with van der Waals surface area (Å²) in [4.78, 5) is 45.7. The molecule has 3 aromatic rings. The molecule has 2 heterocycles. The lowest BCUT2D eigenvalue weighted by Crippen LogP contribution is -2.51. The highest BCUT2D eigenvalue weighted by Gasteiger charge is 2.44. The standard InChI is InChI=1S/C29H31F3N4O8S/c1-15(2)24(35-28(40)43-3)26(37)36-14-19(45(4,41)42)12-22(36)25-33-13-21(34-25)17-7-5-16(6-8-17)20-10-9-18(27(38)39)11-23(20)44-29(30,31)32/h5-11,13,15,19,22,24H,12,14H2,1-4H3,(H,33,34)(H,35,40)(H,38,39)/t19-,22-,24-/m0/s1. The zero-order chi connectivity index (χ0) is 33.3. The lowest BCUT2D eigenvalue weighted by Gasteiger charge is -2.30. The van der Waals surface area contributed by atoms with E-state index in [1.165, 1.54) is 35.4 Å². The number of alkyl carbamates (subject to hydrolysis) is 1. The Labute approximate surface area is 256 Å². The van der Waals surface area contributed by atoms with Crippen molar-refractivity contribution in [2.24, 2.45) is 5.92 Å². The molecule has 0 bridgehead atoms. The minimum absolute atomic E-state index is 0.0152. The number of carbonyl (C=O) groups excluding carboxylic acids is 2. The molecule has 0 saturated carbocycles. The summed E-state index contributed by atoms with van der Waals surface area (Å²) in [6, 6.07) is 7.66. The number of nitrogens with one attached hydrogen (secondary N) is 2. The first kappa shape index (κ1) is 33.3. The van der Waals surface area contributed by atoms with Gasteiger partial charge in [-0.2, -0.15) is 0 Å². The van der Waals surface area contributed by atoms with Crippen LogP contribution in [-0.2, 0) is 19.4 Å². The Morgan fingerprint density at radius 1 is 1.11 bits per heavy atom. The lowest BCUT2D eigenvalue weighted by atomic mass is 10.0. The van der Waals surface area contributed by atoms with Crippen LogP contribution >= 0.6 is 0 Å². The second-order valence-electron chi connectivity index (χ2n) is 10.9. The number of rotatable bonds is 9. The van der Waals surface area contributed by atoms with Crippen molar-refractivity contribution in [1.29, 1.82) is 0 Å². The van der Waals surface area contributed by atoms with Crippen LogP contribution in [0.15, 0.2) is 48.7 Å². The number of carbonyl (C=O) groups is 3. The highest BCUT2D eigenvalue weighted by atomic mass is 32.2. The van der Waals surface area contributed by atoms with Crippen LogP contribution < -0.4 is 10.1 Å². The maximum absolute atomic E-state index is 13.6. The summed E-state index contributed by atoms with van der Waals surface area (Å²) in [6.07, 6.45) is -3.23. The Balaban J connectivity index is 1.64. The number of ether oxygens (including phenoxy) is 2. The molecule has 0 unspecified atom stereocenters. The fraction of sp³-hybridized carbons (Fsp3) is 0.379. The third-order valence-electron chi connectivity index (χ3n) is 7.42. The lowest BCUT2D eigenvalue weighted by molar-refractivity contribution is -0.274. The van der Waals surface area contributed by atoms with Gasteiger partial charge in [0.2, 0.25) is 5.91 Å². The van der Waals surface area contributed by atoms with Crippen LogP contribution in [0.3, 0.4) is 0 Å². The number of nitrogens with zero attached hydrogens (tertiary/aromatic N) is 2. The summed E-state index contributed by atoms with van der Waals surface area (Å²) in [5, 5.41) is 10.8. The molecule has 1 aliphatic rings. The molecule has 2 aromatic carbocycles. The molecule has 1 fully saturated rings. The van der Waals surface area contributed by atoms with Crippen LogP contribution in [0.5, 0.6) is 5.75 Å². The number of hydrogen-bond acceptors (Lipinski definition) is 8. The van der Waals surface area contributed by atoms with E-state index < -0.39 is 57.3 Å². The Kier molecular flexibility index (Phi) is 9.46. The molecule has 3 N–H and O–H groups in total. The second-order valence-corrected chi connectivity index (χ2v) is 13.2. The van der Waals surface area contributed by atoms with Crippen molar-refractivity contribution < 1.29 is 50.6 Å². The van der Waals surface area contributed by atoms with Gasteiger partial charge in [-0.25, -0.2) is 23.0 Å². The third kappa shape index (κ3) is 7.74. The Morgan fingerprint density at radius 2 is 1.76 bits per heavy atom. The number of benzene rings is 2. The number of sulfone groups is 1. The van der Waals surface area contributed by atoms with Crippen molar-refractivity contribution >= 4 is 27.8 Å². The molecule has 0 spiro atoms. The average Bonchev–Trinajstić information content (AvgIpc) is 3.62. The van der Waals surface area contributed by atoms with E-state index in [1.54, 1.807) is 26.0 Å². The smallest absolute Gasteiger partial charge is 0.478 e. The number of likely N-dealkylation sites (tertiary alicyclic amines) is 1. The third-order valence-corrected chi connectivity index (χ3v) is 8.97. The van der Waals surface area contributed by atoms with Crippen molar-refractivity contribution in [3.63, 3.8) is 0 Å². The number of hydrogen-bond donors (Lipinski definition) is 3. The van der Waals surface area contributed by atoms with E-state index >= 15 is 0 Å². The van der Waals surface area contributed by atoms with Gasteiger partial charge in [-0.15, -0.1) is 13.2 Å². The quantitative estimate of drug-likeness (QED) is 0.303. The number of amides is 2. The molecule has 1 aromatic heterocycles. The summed E-state index contributed by atoms with van der Waals surface area (Å²) in [5.74, 6) is -2.63. The van der Waals surface area contributed by atoms with Crippen molar-refractivity contribution in [3.8, 4) is 28.1 Å². The van der Waals surface area contributed by atoms with Crippen LogP contribution in [-0.4, -0.2) is 83.9 Å². The zero-order valence-electron chi connectivity index (χ0n) is 24.6. The predicted molar refractivity (Wildman–Crippen MR) is 155 cm³/mol. The molecule has 4 rings (SSSR count). The fourth-order valence-corrected chi connectivity index (χ4v) is 6.04. The largest absolute Gasteiger partial charge is 0.573 e. The molecular weight excluding hydrogens is 621 g/mol. The van der Waals surface area contributed by atoms with Crippen LogP contribution in [0.2, 0.25) is 0 Å². The molecular formula is C29H31F3N4O8S. The number of imidazole rings is 1. The molecule has 45 heavy (non-hydrogen) atoms. The molecule has 242 valence electrons. The average molecular weight is 653 g/mol. The highest BCUT2D eigenvalue weighted by Crippen LogP contribution is 2.37. The first-order valence-corrected chi connectivity index (χ1v) is 15.6. The van der Waals surface area contributed by atoms with Crippen LogP contribution in [0.4, 0.5) is 18.0 Å². The molecule has 1 aliphatic heterocycles. The maximum Gasteiger partial charge on any atom is 0.573 e. The van der Waals surface area contributed by atoms with Crippen molar-refractivity contribution in [1.82, 2.24) is 20.2 Å². The van der Waals surface area contributed by atoms with Gasteiger partial charge in [0.25, 0.3) is 0 Å². The van der Waals surface area contributed by atoms with E-state index in [2.05, 4.69) is 24.8 Å². The van der Waals surface area contributed by atoms with Crippen LogP contribution in [0, 0.1) is 5.92 Å². The molecule has 1 saturated heterocycles. The molecule has 3 atom stereocenters. The van der Waals surface area contributed by atoms with Gasteiger partial charge in [-0.3, -0.25) is 4.79 Å². The highest BCUT2D eigenvalue weighted by molar-refractivity contribution is 7.91. The summed E-state index contributed by atoms with van der Waals surface area (Å²) < 4.78 is 72.8. The fourth-order valence-electron chi connectivity index (χ4n) is 5.07. The first-order valence-electron chi connectivity index (χ1n) is 13.6. The van der Waals surface area contributed by atoms with Gasteiger partial charge in [-0.05, 0) is 41.7 Å². The molecule has 2 amide bonds. The number of carboxylic acids is 1. The second kappa shape index (κ2) is 12.8. The van der Waals surface area contributed by atoms with Gasteiger partial charge in [0, 0.05) is 18.4 Å². The number of aromatic nitrogens is 2. The first-order chi connectivity index (χ1) is 21.0. The number of H-pyrrole nitrogens is 1. The van der Waals surface area contributed by atoms with Gasteiger partial charge >= 0.3 is 18.4 Å². The Hall–Kier alpha value is -4.60. The summed E-state index contributed by atoms with van der Waals surface area (Å²) >= 11 is 0. The number of methoxy groups -OCH3 is 1. The normalized spacial score (nSPS) is 17.6. The van der Waals surface area contributed by atoms with Gasteiger partial charge in [0.1, 0.15) is 17.6 Å². The number of halogens is 3. The minimum atomic E-state index is -5.05. The molecule has 0 radical (unpaired) electrons. The van der Waals surface area contributed by atoms with E-state index in [9.17, 15) is 41.1 Å². The van der Waals surface area contributed by atoms with E-state index in [-0.39, 0.29) is 30.0 Å². The van der Waals surface area contributed by atoms with E-state index in [0.717, 1.165) is 19.4 Å². The minimum Gasteiger partial charge on any atom is -0.478 e. The topological polar surface area (TPSA) is 168 Å². The number of alkyl halides is 3. The maximum atomic E-state index is 13.6. The molecule has 12 nitrogen and oxygen atoms in total. The molecule has 0 aliphatic carbocycles. The Morgan fingerprint density at radius 3 is 2.31 bits per heavy atom. The van der Waals surface area contributed by atoms with Gasteiger partial charge in [0.15, 0.2) is 9.84 Å². The van der Waals surface area contributed by atoms with E-state index in [1.807, 2.05) is 0 Å². The molecule has 16 heteroatoms. The van der Waals surface area contributed by atoms with Crippen LogP contribution in [0.1, 0.15) is 42.5 Å². The summed E-state index contributed by atoms with van der Waals surface area (Å²) in [6.45, 7) is 3.35. The predicted octanol–water partition coefficient (Wildman–Crippen LogP) is 4.41. The van der Waals surface area contributed by atoms with Gasteiger partial charge < -0.3 is 29.8 Å². The van der Waals surface area contributed by atoms with Crippen molar-refractivity contribution in [2.45, 2.75) is 44.0 Å². The van der Waals surface area contributed by atoms with Crippen molar-refractivity contribution in [3.05, 3.63) is 60.0 Å².